The fraction of sp³-hybridized carbons (Fsp3) is 0.931. The molecule has 5 aliphatic rings. The minimum absolute atomic E-state index is 0.200. The predicted molar refractivity (Wildman–Crippen MR) is 126 cm³/mol. The maximum Gasteiger partial charge on any atom is 0.0641 e. The van der Waals surface area contributed by atoms with Gasteiger partial charge in [0, 0.05) is 0 Å². The van der Waals surface area contributed by atoms with Gasteiger partial charge >= 0.3 is 0 Å². The molecule has 170 valence electrons. The Bertz CT molecular complexity index is 707. The molecule has 0 aromatic rings. The molecule has 30 heavy (non-hydrogen) atoms. The van der Waals surface area contributed by atoms with E-state index < -0.39 is 0 Å². The molecule has 0 bridgehead atoms. The maximum absolute atomic E-state index is 9.75. The summed E-state index contributed by atoms with van der Waals surface area (Å²) in [6, 6.07) is 0. The fourth-order valence-corrected chi connectivity index (χ4v) is 11.3. The van der Waals surface area contributed by atoms with E-state index in [1.807, 2.05) is 0 Å². The van der Waals surface area contributed by atoms with Crippen molar-refractivity contribution in [3.8, 4) is 0 Å². The summed E-state index contributed by atoms with van der Waals surface area (Å²) in [6.07, 6.45) is 15.7. The smallest absolute Gasteiger partial charge is 0.0641 e. The number of rotatable bonds is 2. The van der Waals surface area contributed by atoms with Crippen LogP contribution in [-0.4, -0.2) is 11.7 Å². The summed E-state index contributed by atoms with van der Waals surface area (Å²) in [5.41, 5.74) is 3.26. The molecule has 1 N–H and O–H groups in total. The molecule has 0 aromatic carbocycles. The molecular formula is C29H48O. The van der Waals surface area contributed by atoms with E-state index in [0.29, 0.717) is 27.6 Å². The molecule has 0 heterocycles. The topological polar surface area (TPSA) is 20.2 Å². The van der Waals surface area contributed by atoms with E-state index in [-0.39, 0.29) is 6.61 Å². The van der Waals surface area contributed by atoms with E-state index in [1.54, 1.807) is 0 Å². The molecule has 5 aliphatic carbocycles. The summed E-state index contributed by atoms with van der Waals surface area (Å²) in [7, 11) is 0. The molecule has 0 spiro atoms. The largest absolute Gasteiger partial charge is 0.392 e. The Morgan fingerprint density at radius 2 is 1.50 bits per heavy atom. The summed E-state index contributed by atoms with van der Waals surface area (Å²) >= 11 is 0. The van der Waals surface area contributed by atoms with Gasteiger partial charge in [0.15, 0.2) is 0 Å². The van der Waals surface area contributed by atoms with Crippen molar-refractivity contribution in [3.63, 3.8) is 0 Å². The summed E-state index contributed by atoms with van der Waals surface area (Å²) in [6.45, 7) is 17.9. The maximum atomic E-state index is 9.75. The molecule has 5 fully saturated rings. The molecule has 0 aromatic heterocycles. The van der Waals surface area contributed by atoms with E-state index in [4.69, 9.17) is 0 Å². The van der Waals surface area contributed by atoms with Gasteiger partial charge < -0.3 is 5.11 Å². The van der Waals surface area contributed by atoms with Gasteiger partial charge in [-0.15, -0.1) is 0 Å². The molecule has 0 radical (unpaired) electrons. The third kappa shape index (κ3) is 2.63. The average Bonchev–Trinajstić information content (AvgIpc) is 3.11. The molecular weight excluding hydrogens is 364 g/mol. The zero-order valence-electron chi connectivity index (χ0n) is 20.6. The zero-order valence-corrected chi connectivity index (χ0v) is 20.6. The number of aliphatic hydroxyl groups excluding tert-OH is 1. The molecule has 0 unspecified atom stereocenters. The van der Waals surface area contributed by atoms with Crippen LogP contribution in [0.25, 0.3) is 0 Å². The molecule has 1 heteroatoms. The van der Waals surface area contributed by atoms with Crippen LogP contribution in [0.2, 0.25) is 0 Å². The van der Waals surface area contributed by atoms with Gasteiger partial charge in [0.25, 0.3) is 0 Å². The normalized spacial score (nSPS) is 54.5. The van der Waals surface area contributed by atoms with Crippen molar-refractivity contribution < 1.29 is 5.11 Å². The van der Waals surface area contributed by atoms with Crippen LogP contribution in [0.1, 0.15) is 105 Å². The van der Waals surface area contributed by atoms with E-state index in [9.17, 15) is 5.11 Å². The van der Waals surface area contributed by atoms with Gasteiger partial charge in [-0.1, -0.05) is 47.6 Å². The van der Waals surface area contributed by atoms with Crippen LogP contribution in [0.3, 0.4) is 0 Å². The van der Waals surface area contributed by atoms with E-state index in [0.717, 1.165) is 35.2 Å². The average molecular weight is 413 g/mol. The SMILES string of the molecule is C=C(CO)[C@H]1CC[C@H]2[C@H]1CC[C@]1(C)[C@@H]2CC[C@@H]2[C@@]3(C)CCCC(C)(C)[C@@H]3CC[C@]21C. The standard InChI is InChI=1S/C29H48O/c1-19(18-30)20-8-9-22-21(20)12-16-28(5)23(22)10-11-25-27(4)15-7-14-26(2,3)24(27)13-17-29(25,28)6/h20-25,30H,1,7-18H2,2-6H3/t20-,21+,22+,23-,24+,25-,27+,28-,29-/m1/s1. The molecule has 0 amide bonds. The molecule has 9 atom stereocenters. The Balaban J connectivity index is 1.47. The van der Waals surface area contributed by atoms with Crippen molar-refractivity contribution in [2.45, 2.75) is 105 Å². The minimum Gasteiger partial charge on any atom is -0.392 e. The van der Waals surface area contributed by atoms with Crippen molar-refractivity contribution >= 4 is 0 Å². The lowest BCUT2D eigenvalue weighted by Crippen LogP contribution is -2.64. The van der Waals surface area contributed by atoms with Crippen molar-refractivity contribution in [1.29, 1.82) is 0 Å². The van der Waals surface area contributed by atoms with Crippen LogP contribution in [0.5, 0.6) is 0 Å². The van der Waals surface area contributed by atoms with E-state index in [2.05, 4.69) is 41.2 Å². The van der Waals surface area contributed by atoms with Gasteiger partial charge in [-0.05, 0) is 127 Å². The lowest BCUT2D eigenvalue weighted by atomic mass is 9.33. The Morgan fingerprint density at radius 3 is 2.23 bits per heavy atom. The Kier molecular flexibility index (Phi) is 4.92. The molecule has 1 nitrogen and oxygen atoms in total. The highest BCUT2D eigenvalue weighted by atomic mass is 16.3. The zero-order chi connectivity index (χ0) is 21.5. The van der Waals surface area contributed by atoms with Crippen LogP contribution < -0.4 is 0 Å². The van der Waals surface area contributed by atoms with Gasteiger partial charge in [-0.25, -0.2) is 0 Å². The van der Waals surface area contributed by atoms with Crippen LogP contribution in [0.4, 0.5) is 0 Å². The number of fused-ring (bicyclic) bond motifs is 7. The van der Waals surface area contributed by atoms with Gasteiger partial charge in [-0.2, -0.15) is 0 Å². The second-order valence-electron chi connectivity index (χ2n) is 13.9. The number of hydrogen-bond acceptors (Lipinski definition) is 1. The first-order chi connectivity index (χ1) is 14.1. The predicted octanol–water partition coefficient (Wildman–Crippen LogP) is 7.64. The third-order valence-electron chi connectivity index (χ3n) is 12.8. The highest BCUT2D eigenvalue weighted by Crippen LogP contribution is 2.75. The fourth-order valence-electron chi connectivity index (χ4n) is 11.3. The monoisotopic (exact) mass is 412 g/mol. The molecule has 0 saturated heterocycles. The molecule has 5 rings (SSSR count). The highest BCUT2D eigenvalue weighted by Gasteiger charge is 2.67. The van der Waals surface area contributed by atoms with Crippen LogP contribution in [0, 0.1) is 57.2 Å². The van der Waals surface area contributed by atoms with Gasteiger partial charge in [0.2, 0.25) is 0 Å². The van der Waals surface area contributed by atoms with E-state index in [1.165, 1.54) is 70.6 Å². The second-order valence-corrected chi connectivity index (χ2v) is 13.9. The van der Waals surface area contributed by atoms with Gasteiger partial charge in [0.1, 0.15) is 0 Å². The van der Waals surface area contributed by atoms with E-state index >= 15 is 0 Å². The van der Waals surface area contributed by atoms with Gasteiger partial charge in [0.05, 0.1) is 6.61 Å². The van der Waals surface area contributed by atoms with Crippen LogP contribution >= 0.6 is 0 Å². The number of aliphatic hydroxyl groups is 1. The van der Waals surface area contributed by atoms with Crippen molar-refractivity contribution in [2.24, 2.45) is 57.2 Å². The van der Waals surface area contributed by atoms with Gasteiger partial charge in [-0.3, -0.25) is 0 Å². The molecule has 5 saturated carbocycles. The highest BCUT2D eigenvalue weighted by molar-refractivity contribution is 5.18. The minimum atomic E-state index is 0.200. The van der Waals surface area contributed by atoms with Crippen LogP contribution in [0.15, 0.2) is 12.2 Å². The molecule has 0 aliphatic heterocycles. The third-order valence-corrected chi connectivity index (χ3v) is 12.8. The Labute approximate surface area is 186 Å². The lowest BCUT2D eigenvalue weighted by Gasteiger charge is -2.71. The van der Waals surface area contributed by atoms with Crippen molar-refractivity contribution in [3.05, 3.63) is 12.2 Å². The first-order valence-electron chi connectivity index (χ1n) is 13.4. The summed E-state index contributed by atoms with van der Waals surface area (Å²) in [5.74, 6) is 5.06. The van der Waals surface area contributed by atoms with Crippen LogP contribution in [-0.2, 0) is 0 Å². The first-order valence-corrected chi connectivity index (χ1v) is 13.4. The Hall–Kier alpha value is -0.300. The Morgan fingerprint density at radius 1 is 0.767 bits per heavy atom. The van der Waals surface area contributed by atoms with Crippen molar-refractivity contribution in [1.82, 2.24) is 0 Å². The second kappa shape index (κ2) is 6.85. The summed E-state index contributed by atoms with van der Waals surface area (Å²) in [4.78, 5) is 0. The number of hydrogen-bond donors (Lipinski definition) is 1. The summed E-state index contributed by atoms with van der Waals surface area (Å²) in [5, 5.41) is 9.75. The lowest BCUT2D eigenvalue weighted by molar-refractivity contribution is -0.226. The quantitative estimate of drug-likeness (QED) is 0.462. The van der Waals surface area contributed by atoms with Crippen molar-refractivity contribution in [2.75, 3.05) is 6.61 Å². The first kappa shape index (κ1) is 21.5. The summed E-state index contributed by atoms with van der Waals surface area (Å²) < 4.78 is 0.